The minimum Gasteiger partial charge on any atom is -0.493 e. The molecule has 0 aliphatic carbocycles. The van der Waals surface area contributed by atoms with Crippen molar-refractivity contribution in [2.24, 2.45) is 5.73 Å². The van der Waals surface area contributed by atoms with Crippen LogP contribution in [-0.2, 0) is 9.59 Å². The van der Waals surface area contributed by atoms with Crippen molar-refractivity contribution < 1.29 is 33.4 Å². The van der Waals surface area contributed by atoms with Crippen molar-refractivity contribution >= 4 is 34.8 Å². The number of carbonyl (C=O) groups excluding carboxylic acids is 2. The molecule has 0 saturated carbocycles. The molecule has 1 aliphatic rings. The smallest absolute Gasteiger partial charge is 0.346 e. The molecule has 8 nitrogen and oxygen atoms in total. The Kier molecular flexibility index (Phi) is 6.01. The second-order valence-electron chi connectivity index (χ2n) is 7.33. The van der Waals surface area contributed by atoms with E-state index in [9.17, 15) is 23.9 Å². The average Bonchev–Trinajstić information content (AvgIpc) is 3.17. The topological polar surface area (TPSA) is 128 Å². The maximum atomic E-state index is 13.4. The number of carboxylic acid groups (broad SMARTS) is 1. The Hall–Kier alpha value is -3.92. The van der Waals surface area contributed by atoms with Gasteiger partial charge in [-0.25, -0.2) is 9.18 Å². The Morgan fingerprint density at radius 1 is 1.21 bits per heavy atom. The van der Waals surface area contributed by atoms with Gasteiger partial charge >= 0.3 is 5.97 Å². The Labute approximate surface area is 191 Å². The Balaban J connectivity index is 1.84. The first kappa shape index (κ1) is 22.3. The third-order valence-electron chi connectivity index (χ3n) is 5.19. The first-order valence-corrected chi connectivity index (χ1v) is 10.6. The SMILES string of the molecule is COc1ccc(C2CC(=O)Nc3c2sc(C(=O)O)c3-c2ccc(F)cc2)cc1OCC(N)=O. The van der Waals surface area contributed by atoms with Crippen molar-refractivity contribution in [1.82, 2.24) is 0 Å². The maximum Gasteiger partial charge on any atom is 0.346 e. The van der Waals surface area contributed by atoms with Gasteiger partial charge in [-0.1, -0.05) is 18.2 Å². The molecule has 3 aromatic rings. The number of hydrogen-bond acceptors (Lipinski definition) is 6. The molecular weight excluding hydrogens is 451 g/mol. The summed E-state index contributed by atoms with van der Waals surface area (Å²) >= 11 is 1.05. The number of hydrogen-bond donors (Lipinski definition) is 3. The van der Waals surface area contributed by atoms with E-state index in [-0.39, 0.29) is 29.6 Å². The number of ether oxygens (including phenoxy) is 2. The summed E-state index contributed by atoms with van der Waals surface area (Å²) in [6.07, 6.45) is 0.0804. The standard InChI is InChI=1S/C23H19FN2O6S/c1-31-15-7-4-12(8-16(15)32-10-17(25)27)14-9-18(28)26-20-19(11-2-5-13(24)6-3-11)22(23(29)30)33-21(14)20/h2-8,14H,9-10H2,1H3,(H2,25,27)(H,26,28)(H,29,30). The van der Waals surface area contributed by atoms with Crippen LogP contribution in [0.3, 0.4) is 0 Å². The lowest BCUT2D eigenvalue weighted by Crippen LogP contribution is -2.23. The van der Waals surface area contributed by atoms with E-state index in [1.165, 1.54) is 31.4 Å². The van der Waals surface area contributed by atoms with Crippen LogP contribution < -0.4 is 20.5 Å². The number of rotatable bonds is 7. The van der Waals surface area contributed by atoms with Gasteiger partial charge in [-0.2, -0.15) is 0 Å². The third kappa shape index (κ3) is 4.37. The summed E-state index contributed by atoms with van der Waals surface area (Å²) in [4.78, 5) is 36.5. The number of amides is 2. The number of nitrogens with two attached hydrogens (primary N) is 1. The van der Waals surface area contributed by atoms with Crippen molar-refractivity contribution in [3.63, 3.8) is 0 Å². The molecule has 10 heteroatoms. The average molecular weight is 470 g/mol. The van der Waals surface area contributed by atoms with Gasteiger partial charge in [-0.3, -0.25) is 9.59 Å². The molecule has 2 aromatic carbocycles. The molecule has 1 unspecified atom stereocenters. The lowest BCUT2D eigenvalue weighted by molar-refractivity contribution is -0.120. The highest BCUT2D eigenvalue weighted by atomic mass is 32.1. The van der Waals surface area contributed by atoms with Crippen molar-refractivity contribution in [1.29, 1.82) is 0 Å². The fraction of sp³-hybridized carbons (Fsp3) is 0.174. The minimum absolute atomic E-state index is 0.0394. The van der Waals surface area contributed by atoms with Crippen LogP contribution in [0, 0.1) is 5.82 Å². The summed E-state index contributed by atoms with van der Waals surface area (Å²) < 4.78 is 24.2. The highest BCUT2D eigenvalue weighted by Crippen LogP contribution is 2.50. The zero-order valence-electron chi connectivity index (χ0n) is 17.4. The summed E-state index contributed by atoms with van der Waals surface area (Å²) in [5, 5.41) is 12.6. The van der Waals surface area contributed by atoms with Gasteiger partial charge in [-0.15, -0.1) is 11.3 Å². The third-order valence-corrected chi connectivity index (χ3v) is 6.48. The fourth-order valence-electron chi connectivity index (χ4n) is 3.77. The summed E-state index contributed by atoms with van der Waals surface area (Å²) in [7, 11) is 1.45. The van der Waals surface area contributed by atoms with Gasteiger partial charge in [0.05, 0.1) is 12.8 Å². The van der Waals surface area contributed by atoms with E-state index in [2.05, 4.69) is 5.32 Å². The first-order valence-electron chi connectivity index (χ1n) is 9.83. The number of carbonyl (C=O) groups is 3. The predicted octanol–water partition coefficient (Wildman–Crippen LogP) is 3.60. The number of methoxy groups -OCH3 is 1. The lowest BCUT2D eigenvalue weighted by Gasteiger charge is -2.24. The van der Waals surface area contributed by atoms with Crippen LogP contribution in [0.5, 0.6) is 11.5 Å². The monoisotopic (exact) mass is 470 g/mol. The maximum absolute atomic E-state index is 13.4. The van der Waals surface area contributed by atoms with Crippen molar-refractivity contribution in [2.45, 2.75) is 12.3 Å². The molecule has 0 fully saturated rings. The number of carboxylic acids is 1. The van der Waals surface area contributed by atoms with Gasteiger partial charge in [0, 0.05) is 22.8 Å². The molecule has 2 heterocycles. The van der Waals surface area contributed by atoms with Crippen molar-refractivity contribution in [3.05, 3.63) is 63.6 Å². The number of benzene rings is 2. The molecule has 0 radical (unpaired) electrons. The molecule has 0 spiro atoms. The summed E-state index contributed by atoms with van der Waals surface area (Å²) in [6.45, 7) is -0.354. The van der Waals surface area contributed by atoms with Crippen molar-refractivity contribution in [2.75, 3.05) is 19.0 Å². The van der Waals surface area contributed by atoms with Crippen molar-refractivity contribution in [3.8, 4) is 22.6 Å². The van der Waals surface area contributed by atoms with Crippen LogP contribution in [0.4, 0.5) is 10.1 Å². The van der Waals surface area contributed by atoms with Gasteiger partial charge < -0.3 is 25.6 Å². The summed E-state index contributed by atoms with van der Waals surface area (Å²) in [5.74, 6) is -2.37. The molecule has 170 valence electrons. The van der Waals surface area contributed by atoms with E-state index in [4.69, 9.17) is 15.2 Å². The molecule has 0 saturated heterocycles. The number of nitrogens with one attached hydrogen (secondary N) is 1. The number of aromatic carboxylic acids is 1. The van der Waals surface area contributed by atoms with Gasteiger partial charge in [0.1, 0.15) is 10.7 Å². The molecule has 4 N–H and O–H groups in total. The second-order valence-corrected chi connectivity index (χ2v) is 8.38. The van der Waals surface area contributed by atoms with E-state index in [1.54, 1.807) is 18.2 Å². The van der Waals surface area contributed by atoms with E-state index >= 15 is 0 Å². The van der Waals surface area contributed by atoms with Crippen LogP contribution in [0.1, 0.15) is 32.5 Å². The number of fused-ring (bicyclic) bond motifs is 1. The highest BCUT2D eigenvalue weighted by Gasteiger charge is 2.34. The summed E-state index contributed by atoms with van der Waals surface area (Å²) in [6, 6.07) is 10.5. The van der Waals surface area contributed by atoms with E-state index in [0.29, 0.717) is 33.0 Å². The zero-order valence-corrected chi connectivity index (χ0v) is 18.2. The Morgan fingerprint density at radius 2 is 1.94 bits per heavy atom. The fourth-order valence-corrected chi connectivity index (χ4v) is 5.02. The molecule has 1 aliphatic heterocycles. The molecule has 0 bridgehead atoms. The van der Waals surface area contributed by atoms with Crippen LogP contribution in [0.2, 0.25) is 0 Å². The van der Waals surface area contributed by atoms with Gasteiger partial charge in [-0.05, 0) is 35.4 Å². The van der Waals surface area contributed by atoms with Crippen LogP contribution in [0.25, 0.3) is 11.1 Å². The quantitative estimate of drug-likeness (QED) is 0.484. The Bertz CT molecular complexity index is 1250. The van der Waals surface area contributed by atoms with Crippen LogP contribution in [-0.4, -0.2) is 36.6 Å². The van der Waals surface area contributed by atoms with Crippen LogP contribution in [0.15, 0.2) is 42.5 Å². The lowest BCUT2D eigenvalue weighted by atomic mass is 9.88. The van der Waals surface area contributed by atoms with E-state index in [0.717, 1.165) is 11.3 Å². The number of thiophene rings is 1. The molecule has 1 aromatic heterocycles. The minimum atomic E-state index is -1.15. The number of halogens is 1. The zero-order chi connectivity index (χ0) is 23.7. The first-order chi connectivity index (χ1) is 15.8. The van der Waals surface area contributed by atoms with Gasteiger partial charge in [0.15, 0.2) is 18.1 Å². The van der Waals surface area contributed by atoms with Gasteiger partial charge in [0.25, 0.3) is 5.91 Å². The van der Waals surface area contributed by atoms with E-state index < -0.39 is 23.6 Å². The number of primary amides is 1. The molecule has 33 heavy (non-hydrogen) atoms. The largest absolute Gasteiger partial charge is 0.493 e. The molecule has 1 atom stereocenters. The normalized spacial score (nSPS) is 14.8. The van der Waals surface area contributed by atoms with Gasteiger partial charge in [0.2, 0.25) is 5.91 Å². The van der Waals surface area contributed by atoms with Crippen LogP contribution >= 0.6 is 11.3 Å². The molecule has 4 rings (SSSR count). The second kappa shape index (κ2) is 8.91. The Morgan fingerprint density at radius 3 is 2.58 bits per heavy atom. The summed E-state index contributed by atoms with van der Waals surface area (Å²) in [5.41, 5.74) is 7.05. The predicted molar refractivity (Wildman–Crippen MR) is 119 cm³/mol. The highest BCUT2D eigenvalue weighted by molar-refractivity contribution is 7.15. The molecular formula is C23H19FN2O6S. The van der Waals surface area contributed by atoms with E-state index in [1.807, 2.05) is 0 Å². The molecule has 2 amide bonds. The number of anilines is 1.